The molecule has 0 aliphatic rings. The van der Waals surface area contributed by atoms with Crippen LogP contribution in [0.25, 0.3) is 23.0 Å². The van der Waals surface area contributed by atoms with Crippen LogP contribution in [0.5, 0.6) is 5.75 Å². The fourth-order valence-corrected chi connectivity index (χ4v) is 3.09. The SMILES string of the molecule is CCc1ccc(-c2cc(C=C(Br)Br)nn2-c2ccc(OC)cc2)cc1. The maximum Gasteiger partial charge on any atom is 0.119 e. The Balaban J connectivity index is 2.10. The van der Waals surface area contributed by atoms with Gasteiger partial charge in [0.2, 0.25) is 0 Å². The van der Waals surface area contributed by atoms with E-state index >= 15 is 0 Å². The van der Waals surface area contributed by atoms with Crippen molar-refractivity contribution in [3.8, 4) is 22.7 Å². The number of methoxy groups -OCH3 is 1. The Kier molecular flexibility index (Phi) is 5.76. The molecule has 0 atom stereocenters. The molecule has 0 aliphatic heterocycles. The number of aromatic nitrogens is 2. The number of aryl methyl sites for hydroxylation is 1. The average Bonchev–Trinajstić information content (AvgIpc) is 3.05. The van der Waals surface area contributed by atoms with Crippen molar-refractivity contribution < 1.29 is 4.74 Å². The van der Waals surface area contributed by atoms with E-state index in [9.17, 15) is 0 Å². The van der Waals surface area contributed by atoms with Crippen LogP contribution in [0, 0.1) is 0 Å². The molecule has 5 heteroatoms. The maximum absolute atomic E-state index is 5.25. The second-order valence-corrected chi connectivity index (χ2v) is 8.32. The second kappa shape index (κ2) is 8.02. The van der Waals surface area contributed by atoms with Crippen molar-refractivity contribution in [3.63, 3.8) is 0 Å². The van der Waals surface area contributed by atoms with Crippen LogP contribution in [-0.4, -0.2) is 16.9 Å². The Bertz CT molecular complexity index is 812. The highest BCUT2D eigenvalue weighted by Gasteiger charge is 2.11. The van der Waals surface area contributed by atoms with Gasteiger partial charge < -0.3 is 4.74 Å². The van der Waals surface area contributed by atoms with Crippen LogP contribution in [0.4, 0.5) is 0 Å². The minimum atomic E-state index is 0.827. The van der Waals surface area contributed by atoms with Gasteiger partial charge in [-0.05, 0) is 80.3 Å². The van der Waals surface area contributed by atoms with E-state index in [1.54, 1.807) is 7.11 Å². The monoisotopic (exact) mass is 460 g/mol. The number of rotatable bonds is 5. The average molecular weight is 462 g/mol. The highest BCUT2D eigenvalue weighted by atomic mass is 79.9. The van der Waals surface area contributed by atoms with E-state index in [1.807, 2.05) is 35.0 Å². The molecule has 0 spiro atoms. The van der Waals surface area contributed by atoms with Gasteiger partial charge >= 0.3 is 0 Å². The predicted molar refractivity (Wildman–Crippen MR) is 111 cm³/mol. The summed E-state index contributed by atoms with van der Waals surface area (Å²) in [6.07, 6.45) is 2.96. The van der Waals surface area contributed by atoms with Gasteiger partial charge in [0.1, 0.15) is 5.75 Å². The third-order valence-corrected chi connectivity index (χ3v) is 4.42. The lowest BCUT2D eigenvalue weighted by atomic mass is 10.1. The van der Waals surface area contributed by atoms with Crippen molar-refractivity contribution in [3.05, 3.63) is 69.2 Å². The summed E-state index contributed by atoms with van der Waals surface area (Å²) in [7, 11) is 1.67. The molecule has 3 rings (SSSR count). The summed E-state index contributed by atoms with van der Waals surface area (Å²) in [4.78, 5) is 0. The number of hydrogen-bond acceptors (Lipinski definition) is 2. The van der Waals surface area contributed by atoms with E-state index in [0.29, 0.717) is 0 Å². The molecular weight excluding hydrogens is 444 g/mol. The second-order valence-electron chi connectivity index (χ2n) is 5.55. The smallest absolute Gasteiger partial charge is 0.119 e. The normalized spacial score (nSPS) is 10.6. The third-order valence-electron chi connectivity index (χ3n) is 3.96. The van der Waals surface area contributed by atoms with Gasteiger partial charge in [-0.25, -0.2) is 4.68 Å². The lowest BCUT2D eigenvalue weighted by Gasteiger charge is -2.09. The first kappa shape index (κ1) is 18.0. The lowest BCUT2D eigenvalue weighted by Crippen LogP contribution is -1.99. The van der Waals surface area contributed by atoms with Gasteiger partial charge in [0.05, 0.1) is 27.6 Å². The summed E-state index contributed by atoms with van der Waals surface area (Å²) in [5.74, 6) is 0.827. The Morgan fingerprint density at radius 3 is 2.32 bits per heavy atom. The Hall–Kier alpha value is -1.85. The summed E-state index contributed by atoms with van der Waals surface area (Å²) in [6, 6.07) is 18.6. The summed E-state index contributed by atoms with van der Waals surface area (Å²) in [6.45, 7) is 2.16. The van der Waals surface area contributed by atoms with Gasteiger partial charge in [-0.3, -0.25) is 0 Å². The molecule has 0 aliphatic carbocycles. The van der Waals surface area contributed by atoms with Gasteiger partial charge in [0.25, 0.3) is 0 Å². The van der Waals surface area contributed by atoms with Crippen molar-refractivity contribution >= 4 is 37.9 Å². The molecule has 0 amide bonds. The topological polar surface area (TPSA) is 27.1 Å². The van der Waals surface area contributed by atoms with Crippen LogP contribution in [-0.2, 0) is 6.42 Å². The maximum atomic E-state index is 5.25. The van der Waals surface area contributed by atoms with E-state index in [4.69, 9.17) is 9.84 Å². The quantitative estimate of drug-likeness (QED) is 0.452. The zero-order chi connectivity index (χ0) is 17.8. The van der Waals surface area contributed by atoms with E-state index < -0.39 is 0 Å². The molecule has 25 heavy (non-hydrogen) atoms. The molecule has 1 aromatic heterocycles. The van der Waals surface area contributed by atoms with Gasteiger partial charge in [0, 0.05) is 5.56 Å². The summed E-state index contributed by atoms with van der Waals surface area (Å²) in [5, 5.41) is 4.73. The Morgan fingerprint density at radius 2 is 1.76 bits per heavy atom. The van der Waals surface area contributed by atoms with Crippen molar-refractivity contribution in [2.75, 3.05) is 7.11 Å². The summed E-state index contributed by atoms with van der Waals surface area (Å²) >= 11 is 6.81. The molecule has 3 nitrogen and oxygen atoms in total. The molecule has 0 saturated heterocycles. The fraction of sp³-hybridized carbons (Fsp3) is 0.150. The number of benzene rings is 2. The van der Waals surface area contributed by atoms with E-state index in [1.165, 1.54) is 5.56 Å². The van der Waals surface area contributed by atoms with Crippen LogP contribution < -0.4 is 4.74 Å². The molecule has 2 aromatic carbocycles. The third kappa shape index (κ3) is 4.22. The van der Waals surface area contributed by atoms with Crippen LogP contribution in [0.3, 0.4) is 0 Å². The van der Waals surface area contributed by atoms with Gasteiger partial charge in [-0.15, -0.1) is 0 Å². The minimum absolute atomic E-state index is 0.827. The van der Waals surface area contributed by atoms with Crippen molar-refractivity contribution in [2.45, 2.75) is 13.3 Å². The number of hydrogen-bond donors (Lipinski definition) is 0. The van der Waals surface area contributed by atoms with Crippen LogP contribution in [0.1, 0.15) is 18.2 Å². The van der Waals surface area contributed by atoms with E-state index in [0.717, 1.165) is 38.2 Å². The summed E-state index contributed by atoms with van der Waals surface area (Å²) in [5.41, 5.74) is 5.35. The summed E-state index contributed by atoms with van der Waals surface area (Å²) < 4.78 is 8.06. The molecule has 0 radical (unpaired) electrons. The van der Waals surface area contributed by atoms with Crippen molar-refractivity contribution in [2.24, 2.45) is 0 Å². The first-order valence-electron chi connectivity index (χ1n) is 7.97. The number of halogens is 2. The van der Waals surface area contributed by atoms with E-state index in [2.05, 4.69) is 69.1 Å². The first-order valence-corrected chi connectivity index (χ1v) is 9.56. The first-order chi connectivity index (χ1) is 12.1. The highest BCUT2D eigenvalue weighted by Crippen LogP contribution is 2.27. The molecule has 0 saturated carbocycles. The fourth-order valence-electron chi connectivity index (χ4n) is 2.62. The zero-order valence-corrected chi connectivity index (χ0v) is 17.2. The number of ether oxygens (including phenoxy) is 1. The van der Waals surface area contributed by atoms with Crippen molar-refractivity contribution in [1.29, 1.82) is 0 Å². The molecule has 0 unspecified atom stereocenters. The van der Waals surface area contributed by atoms with Gasteiger partial charge in [-0.2, -0.15) is 5.10 Å². The molecule has 0 bridgehead atoms. The minimum Gasteiger partial charge on any atom is -0.497 e. The Morgan fingerprint density at radius 1 is 1.08 bits per heavy atom. The van der Waals surface area contributed by atoms with Crippen molar-refractivity contribution in [1.82, 2.24) is 9.78 Å². The molecule has 0 N–H and O–H groups in total. The predicted octanol–water partition coefficient (Wildman–Crippen LogP) is 6.20. The zero-order valence-electron chi connectivity index (χ0n) is 14.0. The molecular formula is C20H18Br2N2O. The van der Waals surface area contributed by atoms with Gasteiger partial charge in [0.15, 0.2) is 0 Å². The van der Waals surface area contributed by atoms with E-state index in [-0.39, 0.29) is 0 Å². The van der Waals surface area contributed by atoms with Gasteiger partial charge in [-0.1, -0.05) is 31.2 Å². The standard InChI is InChI=1S/C20H18Br2N2O/c1-3-14-4-6-15(7-5-14)19-12-16(13-20(21)22)23-24(19)17-8-10-18(25-2)11-9-17/h4-13H,3H2,1-2H3. The van der Waals surface area contributed by atoms with Crippen LogP contribution in [0.2, 0.25) is 0 Å². The van der Waals surface area contributed by atoms with Crippen LogP contribution >= 0.6 is 31.9 Å². The largest absolute Gasteiger partial charge is 0.497 e. The lowest BCUT2D eigenvalue weighted by molar-refractivity contribution is 0.414. The molecule has 128 valence electrons. The highest BCUT2D eigenvalue weighted by molar-refractivity contribution is 9.28. The molecule has 3 aromatic rings. The number of nitrogens with zero attached hydrogens (tertiary/aromatic N) is 2. The Labute approximate surface area is 164 Å². The van der Waals surface area contributed by atoms with Crippen LogP contribution in [0.15, 0.2) is 58.0 Å². The molecule has 1 heterocycles. The molecule has 0 fully saturated rings.